The highest BCUT2D eigenvalue weighted by molar-refractivity contribution is 5.69. The summed E-state index contributed by atoms with van der Waals surface area (Å²) in [5, 5.41) is 11.8. The molecule has 4 atom stereocenters. The summed E-state index contributed by atoms with van der Waals surface area (Å²) in [5.74, 6) is 0.412. The van der Waals surface area contributed by atoms with Gasteiger partial charge in [0.05, 0.1) is 7.11 Å². The molecular formula is C34H39N2O4-. The van der Waals surface area contributed by atoms with E-state index in [1.807, 2.05) is 12.1 Å². The van der Waals surface area contributed by atoms with Crippen LogP contribution in [-0.2, 0) is 17.8 Å². The molecule has 3 heterocycles. The molecular weight excluding hydrogens is 500 g/mol. The summed E-state index contributed by atoms with van der Waals surface area (Å²) in [7, 11) is 1.65. The van der Waals surface area contributed by atoms with E-state index >= 15 is 0 Å². The van der Waals surface area contributed by atoms with Gasteiger partial charge >= 0.3 is 0 Å². The summed E-state index contributed by atoms with van der Waals surface area (Å²) in [6.45, 7) is 6.12. The number of benzene rings is 2. The highest BCUT2D eigenvalue weighted by atomic mass is 16.5. The maximum atomic E-state index is 11.8. The van der Waals surface area contributed by atoms with Crippen LogP contribution in [0.3, 0.4) is 0 Å². The number of aromatic nitrogens is 1. The molecule has 0 amide bonds. The van der Waals surface area contributed by atoms with E-state index in [1.54, 1.807) is 20.2 Å². The Bertz CT molecular complexity index is 1380. The van der Waals surface area contributed by atoms with Crippen molar-refractivity contribution in [3.8, 4) is 22.8 Å². The molecule has 0 bridgehead atoms. The van der Waals surface area contributed by atoms with Crippen molar-refractivity contribution in [3.05, 3.63) is 77.0 Å². The lowest BCUT2D eigenvalue weighted by atomic mass is 9.82. The Morgan fingerprint density at radius 3 is 2.70 bits per heavy atom. The van der Waals surface area contributed by atoms with Crippen molar-refractivity contribution in [1.29, 1.82) is 0 Å². The minimum atomic E-state index is -0.972. The lowest BCUT2D eigenvalue weighted by Crippen LogP contribution is -2.34. The number of carbonyl (C=O) groups is 1. The first kappa shape index (κ1) is 26.8. The Morgan fingerprint density at radius 2 is 1.98 bits per heavy atom. The fraction of sp³-hybridized carbons (Fsp3) is 0.471. The van der Waals surface area contributed by atoms with Gasteiger partial charge < -0.3 is 19.4 Å². The predicted molar refractivity (Wildman–Crippen MR) is 153 cm³/mol. The number of rotatable bonds is 9. The van der Waals surface area contributed by atoms with Crippen LogP contribution in [0.4, 0.5) is 0 Å². The van der Waals surface area contributed by atoms with E-state index in [2.05, 4.69) is 53.2 Å². The van der Waals surface area contributed by atoms with E-state index < -0.39 is 11.9 Å². The van der Waals surface area contributed by atoms with Crippen LogP contribution in [0.1, 0.15) is 80.2 Å². The van der Waals surface area contributed by atoms with Crippen LogP contribution in [0, 0.1) is 11.8 Å². The Labute approximate surface area is 237 Å². The molecule has 6 heteroatoms. The van der Waals surface area contributed by atoms with Crippen molar-refractivity contribution in [3.63, 3.8) is 0 Å². The number of likely N-dealkylation sites (tertiary alicyclic amines) is 1. The van der Waals surface area contributed by atoms with E-state index in [9.17, 15) is 9.90 Å². The average Bonchev–Trinajstić information content (AvgIpc) is 3.73. The Kier molecular flexibility index (Phi) is 7.54. The number of nitrogens with zero attached hydrogens (tertiary/aromatic N) is 2. The normalized spacial score (nSPS) is 22.3. The van der Waals surface area contributed by atoms with Crippen LogP contribution in [0.15, 0.2) is 54.7 Å². The molecule has 2 aromatic carbocycles. The maximum Gasteiger partial charge on any atom is 0.213 e. The zero-order valence-electron chi connectivity index (χ0n) is 23.8. The van der Waals surface area contributed by atoms with E-state index in [4.69, 9.17) is 9.47 Å². The van der Waals surface area contributed by atoms with Gasteiger partial charge in [-0.05, 0) is 109 Å². The average molecular weight is 540 g/mol. The number of carbonyl (C=O) groups excluding carboxylic acids is 1. The summed E-state index contributed by atoms with van der Waals surface area (Å²) >= 11 is 0. The van der Waals surface area contributed by atoms with Crippen molar-refractivity contribution < 1.29 is 19.4 Å². The minimum Gasteiger partial charge on any atom is -0.550 e. The van der Waals surface area contributed by atoms with Crippen molar-refractivity contribution in [2.45, 2.75) is 77.0 Å². The number of ether oxygens (including phenoxy) is 2. The van der Waals surface area contributed by atoms with Crippen molar-refractivity contribution >= 4 is 5.97 Å². The minimum absolute atomic E-state index is 0.0232. The highest BCUT2D eigenvalue weighted by Crippen LogP contribution is 2.48. The monoisotopic (exact) mass is 539 g/mol. The largest absolute Gasteiger partial charge is 0.550 e. The zero-order chi connectivity index (χ0) is 27.8. The summed E-state index contributed by atoms with van der Waals surface area (Å²) in [6.07, 6.45) is 8.25. The fourth-order valence-electron chi connectivity index (χ4n) is 6.76. The summed E-state index contributed by atoms with van der Waals surface area (Å²) in [4.78, 5) is 18.6. The number of pyridine rings is 1. The third-order valence-electron chi connectivity index (χ3n) is 9.28. The molecule has 1 aliphatic carbocycles. The number of hydrogen-bond donors (Lipinski definition) is 0. The topological polar surface area (TPSA) is 74.7 Å². The van der Waals surface area contributed by atoms with Gasteiger partial charge in [-0.2, -0.15) is 0 Å². The molecule has 2 fully saturated rings. The van der Waals surface area contributed by atoms with Gasteiger partial charge in [-0.1, -0.05) is 37.3 Å². The number of fused-ring (bicyclic) bond motifs is 1. The Balaban J connectivity index is 1.30. The zero-order valence-corrected chi connectivity index (χ0v) is 23.8. The lowest BCUT2D eigenvalue weighted by molar-refractivity contribution is -0.311. The van der Waals surface area contributed by atoms with Crippen LogP contribution in [-0.4, -0.2) is 35.5 Å². The maximum absolute atomic E-state index is 11.8. The van der Waals surface area contributed by atoms with Crippen molar-refractivity contribution in [1.82, 2.24) is 9.88 Å². The van der Waals surface area contributed by atoms with Gasteiger partial charge in [0.25, 0.3) is 0 Å². The third kappa shape index (κ3) is 5.46. The Hall–Kier alpha value is -3.38. The van der Waals surface area contributed by atoms with Crippen LogP contribution in [0.25, 0.3) is 11.1 Å². The highest BCUT2D eigenvalue weighted by Gasteiger charge is 2.37. The first-order valence-electron chi connectivity index (χ1n) is 14.8. The molecule has 40 heavy (non-hydrogen) atoms. The number of aryl methyl sites for hydroxylation is 1. The second kappa shape index (κ2) is 11.2. The number of carboxylic acid groups (broad SMARTS) is 1. The molecule has 210 valence electrons. The number of carboxylic acids is 1. The molecule has 1 aromatic heterocycles. The van der Waals surface area contributed by atoms with Gasteiger partial charge in [0.2, 0.25) is 5.88 Å². The SMILES string of the molecule is COc1cc(-c2ccc(C3CCc4ccc([C@H](C5CC5)[C@H](C)C(=O)[O-])cc4O3)cc2CN2CCC[C@H]2C)ccn1. The van der Waals surface area contributed by atoms with Crippen LogP contribution in [0.5, 0.6) is 11.6 Å². The summed E-state index contributed by atoms with van der Waals surface area (Å²) in [5.41, 5.74) is 7.04. The van der Waals surface area contributed by atoms with E-state index in [1.165, 1.54) is 35.1 Å². The summed E-state index contributed by atoms with van der Waals surface area (Å²) in [6, 6.07) is 17.7. The smallest absolute Gasteiger partial charge is 0.213 e. The molecule has 3 aromatic rings. The van der Waals surface area contributed by atoms with Crippen LogP contribution >= 0.6 is 0 Å². The molecule has 0 radical (unpaired) electrons. The predicted octanol–water partition coefficient (Wildman–Crippen LogP) is 5.69. The number of aliphatic carboxylic acids is 1. The van der Waals surface area contributed by atoms with Crippen molar-refractivity contribution in [2.24, 2.45) is 11.8 Å². The fourth-order valence-corrected chi connectivity index (χ4v) is 6.76. The molecule has 6 nitrogen and oxygen atoms in total. The third-order valence-corrected chi connectivity index (χ3v) is 9.28. The molecule has 0 spiro atoms. The van der Waals surface area contributed by atoms with Crippen LogP contribution in [0.2, 0.25) is 0 Å². The van der Waals surface area contributed by atoms with Gasteiger partial charge in [-0.15, -0.1) is 0 Å². The molecule has 1 unspecified atom stereocenters. The molecule has 0 N–H and O–H groups in total. The van der Waals surface area contributed by atoms with Gasteiger partial charge in [-0.25, -0.2) is 4.98 Å². The van der Waals surface area contributed by atoms with Gasteiger partial charge in [0, 0.05) is 36.7 Å². The quantitative estimate of drug-likeness (QED) is 0.348. The van der Waals surface area contributed by atoms with Gasteiger partial charge in [0.15, 0.2) is 0 Å². The first-order chi connectivity index (χ1) is 19.4. The van der Waals surface area contributed by atoms with E-state index in [0.717, 1.165) is 55.6 Å². The number of hydrogen-bond acceptors (Lipinski definition) is 6. The molecule has 3 aliphatic rings. The number of methoxy groups -OCH3 is 1. The first-order valence-corrected chi connectivity index (χ1v) is 14.8. The molecule has 1 saturated heterocycles. The standard InChI is InChI=1S/C34H40N2O4/c1-21-5-4-16-36(21)20-28-17-26(10-12-29(28)25-14-15-35-32(19-25)39-3)30-13-11-23-6-9-27(18-31(23)40-30)33(24-7-8-24)22(2)34(37)38/h6,9-10,12,14-15,17-19,21-22,24,30,33H,4-5,7-8,11,13,16,20H2,1-3H3,(H,37,38)/p-1/t21-,22+,30?,33+/m1/s1. The molecule has 2 aliphatic heterocycles. The van der Waals surface area contributed by atoms with E-state index in [-0.39, 0.29) is 12.0 Å². The Morgan fingerprint density at radius 1 is 1.12 bits per heavy atom. The van der Waals surface area contributed by atoms with E-state index in [0.29, 0.717) is 17.8 Å². The second-order valence-corrected chi connectivity index (χ2v) is 11.9. The molecule has 6 rings (SSSR count). The van der Waals surface area contributed by atoms with Gasteiger partial charge in [0.1, 0.15) is 11.9 Å². The van der Waals surface area contributed by atoms with Gasteiger partial charge in [-0.3, -0.25) is 4.90 Å². The van der Waals surface area contributed by atoms with Crippen LogP contribution < -0.4 is 14.6 Å². The second-order valence-electron chi connectivity index (χ2n) is 11.9. The molecule has 1 saturated carbocycles. The summed E-state index contributed by atoms with van der Waals surface area (Å²) < 4.78 is 12.1. The lowest BCUT2D eigenvalue weighted by Gasteiger charge is -2.30. The van der Waals surface area contributed by atoms with Crippen molar-refractivity contribution in [2.75, 3.05) is 13.7 Å².